The van der Waals surface area contributed by atoms with E-state index < -0.39 is 52.2 Å². The van der Waals surface area contributed by atoms with E-state index in [9.17, 15) is 44.3 Å². The van der Waals surface area contributed by atoms with E-state index in [1.54, 1.807) is 18.2 Å². The first-order chi connectivity index (χ1) is 22.2. The third kappa shape index (κ3) is 10.4. The van der Waals surface area contributed by atoms with Crippen LogP contribution >= 0.6 is 0 Å². The number of phenolic OH excluding ortho intramolecular Hbond substituents is 1. The minimum atomic E-state index is -5.68. The van der Waals surface area contributed by atoms with Gasteiger partial charge < -0.3 is 10.0 Å². The van der Waals surface area contributed by atoms with Crippen molar-refractivity contribution in [1.29, 1.82) is 0 Å². The van der Waals surface area contributed by atoms with E-state index in [2.05, 4.69) is 4.90 Å². The lowest BCUT2D eigenvalue weighted by atomic mass is 9.89. The van der Waals surface area contributed by atoms with Crippen LogP contribution in [-0.2, 0) is 16.3 Å². The molecule has 1 saturated heterocycles. The van der Waals surface area contributed by atoms with Crippen LogP contribution in [0.3, 0.4) is 0 Å². The topological polar surface area (TPSA) is 57.6 Å². The Morgan fingerprint density at radius 3 is 2.32 bits per heavy atom. The first-order valence-electron chi connectivity index (χ1n) is 16.6. The molecule has 0 radical (unpaired) electrons. The molecule has 1 heterocycles. The monoisotopic (exact) mass is 691 g/mol. The largest absolute Gasteiger partial charge is 0.508 e. The Balaban J connectivity index is 1.24. The molecular weight excluding hydrogens is 647 g/mol. The summed E-state index contributed by atoms with van der Waals surface area (Å²) in [4.78, 5) is 2.36. The van der Waals surface area contributed by atoms with Crippen LogP contribution in [0.5, 0.6) is 5.75 Å². The van der Waals surface area contributed by atoms with Crippen molar-refractivity contribution in [2.45, 2.75) is 108 Å². The van der Waals surface area contributed by atoms with Crippen molar-refractivity contribution in [3.8, 4) is 5.75 Å². The Bertz CT molecular complexity index is 1490. The molecule has 2 aromatic rings. The summed E-state index contributed by atoms with van der Waals surface area (Å²) in [6.07, 6.45) is 1.88. The van der Waals surface area contributed by atoms with E-state index in [0.717, 1.165) is 106 Å². The standard InChI is InChI=1S/C35H44F7NO3S/c36-32-17-14-26(24-33(32)37)29-13-5-9-25-23-28(44)15-16-30(25)31(29)12-3-1-2-4-19-43-20-6-10-27(43)11-7-21-47(45,46)22-8-18-34(38,39)35(40,41)42/h14-17,23-24,27,44H,1-13,18-22H2. The van der Waals surface area contributed by atoms with Crippen molar-refractivity contribution < 1.29 is 44.3 Å². The summed E-state index contributed by atoms with van der Waals surface area (Å²) in [5, 5.41) is 10.1. The molecule has 0 bridgehead atoms. The van der Waals surface area contributed by atoms with Gasteiger partial charge in [-0.3, -0.25) is 0 Å². The number of aromatic hydroxyl groups is 1. The predicted molar refractivity (Wildman–Crippen MR) is 170 cm³/mol. The summed E-state index contributed by atoms with van der Waals surface area (Å²) in [6.45, 7) is 1.78. The third-order valence-corrected chi connectivity index (χ3v) is 11.2. The van der Waals surface area contributed by atoms with Crippen LogP contribution in [0.1, 0.15) is 100 Å². The van der Waals surface area contributed by atoms with Gasteiger partial charge in [-0.05, 0) is 136 Å². The molecule has 2 aliphatic rings. The maximum absolute atomic E-state index is 14.2. The minimum Gasteiger partial charge on any atom is -0.508 e. The lowest BCUT2D eigenvalue weighted by Crippen LogP contribution is -2.36. The van der Waals surface area contributed by atoms with Crippen molar-refractivity contribution in [2.75, 3.05) is 24.6 Å². The quantitative estimate of drug-likeness (QED) is 0.141. The van der Waals surface area contributed by atoms with Crippen LogP contribution in [0.15, 0.2) is 36.4 Å². The van der Waals surface area contributed by atoms with Gasteiger partial charge in [0, 0.05) is 12.5 Å². The van der Waals surface area contributed by atoms with Crippen molar-refractivity contribution >= 4 is 21.0 Å². The van der Waals surface area contributed by atoms with Crippen molar-refractivity contribution in [3.63, 3.8) is 0 Å². The molecule has 0 aromatic heterocycles. The van der Waals surface area contributed by atoms with E-state index in [0.29, 0.717) is 18.4 Å². The zero-order chi connectivity index (χ0) is 34.2. The molecule has 1 aliphatic carbocycles. The fourth-order valence-corrected chi connectivity index (χ4v) is 8.32. The summed E-state index contributed by atoms with van der Waals surface area (Å²) in [6, 6.07) is 9.63. The zero-order valence-electron chi connectivity index (χ0n) is 26.5. The number of sulfone groups is 1. The normalized spacial score (nSPS) is 18.1. The number of likely N-dealkylation sites (tertiary alicyclic amines) is 1. The molecule has 1 aliphatic heterocycles. The van der Waals surface area contributed by atoms with E-state index in [1.807, 2.05) is 6.07 Å². The molecule has 1 fully saturated rings. The molecular formula is C35H44F7NO3S. The first kappa shape index (κ1) is 37.2. The van der Waals surface area contributed by atoms with Crippen molar-refractivity contribution in [3.05, 3.63) is 64.7 Å². The number of hydrogen-bond acceptors (Lipinski definition) is 4. The van der Waals surface area contributed by atoms with Gasteiger partial charge in [0.2, 0.25) is 0 Å². The van der Waals surface area contributed by atoms with Gasteiger partial charge in [-0.25, -0.2) is 17.2 Å². The predicted octanol–water partition coefficient (Wildman–Crippen LogP) is 9.51. The van der Waals surface area contributed by atoms with Gasteiger partial charge >= 0.3 is 12.1 Å². The lowest BCUT2D eigenvalue weighted by molar-refractivity contribution is -0.284. The van der Waals surface area contributed by atoms with Gasteiger partial charge in [0.1, 0.15) is 15.6 Å². The number of halogens is 7. The van der Waals surface area contributed by atoms with E-state index in [4.69, 9.17) is 0 Å². The van der Waals surface area contributed by atoms with Gasteiger partial charge in [0.25, 0.3) is 0 Å². The smallest absolute Gasteiger partial charge is 0.453 e. The van der Waals surface area contributed by atoms with Gasteiger partial charge in [0.15, 0.2) is 11.6 Å². The van der Waals surface area contributed by atoms with Crippen LogP contribution < -0.4 is 0 Å². The third-order valence-electron chi connectivity index (χ3n) is 9.39. The molecule has 12 heteroatoms. The van der Waals surface area contributed by atoms with Crippen LogP contribution in [-0.4, -0.2) is 61.2 Å². The number of hydrogen-bond donors (Lipinski definition) is 1. The summed E-state index contributed by atoms with van der Waals surface area (Å²) in [5.74, 6) is -7.34. The summed E-state index contributed by atoms with van der Waals surface area (Å²) >= 11 is 0. The van der Waals surface area contributed by atoms with Crippen LogP contribution in [0, 0.1) is 11.6 Å². The number of fused-ring (bicyclic) bond motifs is 1. The SMILES string of the molecule is O=S(=O)(CCCC1CCCN1CCCCCCC1=C(c2ccc(F)c(F)c2)CCCc2cc(O)ccc21)CCCC(F)(F)C(F)(F)F. The second-order valence-electron chi connectivity index (χ2n) is 12.9. The van der Waals surface area contributed by atoms with E-state index >= 15 is 0 Å². The van der Waals surface area contributed by atoms with Crippen LogP contribution in [0.25, 0.3) is 11.1 Å². The number of alkyl halides is 5. The molecule has 0 spiro atoms. The van der Waals surface area contributed by atoms with E-state index in [-0.39, 0.29) is 17.5 Å². The van der Waals surface area contributed by atoms with E-state index in [1.165, 1.54) is 6.07 Å². The second-order valence-corrected chi connectivity index (χ2v) is 15.2. The molecule has 4 rings (SSSR count). The molecule has 0 saturated carbocycles. The van der Waals surface area contributed by atoms with Gasteiger partial charge in [-0.1, -0.05) is 25.0 Å². The minimum absolute atomic E-state index is 0.202. The summed E-state index contributed by atoms with van der Waals surface area (Å²) < 4.78 is 116. The van der Waals surface area contributed by atoms with Crippen molar-refractivity contribution in [2.24, 2.45) is 0 Å². The summed E-state index contributed by atoms with van der Waals surface area (Å²) in [7, 11) is -3.71. The molecule has 1 unspecified atom stereocenters. The number of rotatable bonds is 16. The Kier molecular flexibility index (Phi) is 12.8. The molecule has 262 valence electrons. The second kappa shape index (κ2) is 16.2. The maximum atomic E-state index is 14.2. The van der Waals surface area contributed by atoms with Gasteiger partial charge in [0.05, 0.1) is 11.5 Å². The Labute approximate surface area is 273 Å². The zero-order valence-corrected chi connectivity index (χ0v) is 27.4. The molecule has 4 nitrogen and oxygen atoms in total. The molecule has 47 heavy (non-hydrogen) atoms. The Hall–Kier alpha value is -2.60. The highest BCUT2D eigenvalue weighted by Crippen LogP contribution is 2.41. The lowest BCUT2D eigenvalue weighted by Gasteiger charge is -2.24. The highest BCUT2D eigenvalue weighted by molar-refractivity contribution is 7.91. The van der Waals surface area contributed by atoms with Gasteiger partial charge in [-0.2, -0.15) is 22.0 Å². The fraction of sp³-hybridized carbons (Fsp3) is 0.600. The summed E-state index contributed by atoms with van der Waals surface area (Å²) in [5.41, 5.74) is 4.88. The number of unbranched alkanes of at least 4 members (excludes halogenated alkanes) is 3. The highest BCUT2D eigenvalue weighted by atomic mass is 32.2. The molecule has 1 N–H and O–H groups in total. The number of allylic oxidation sites excluding steroid dienone is 2. The van der Waals surface area contributed by atoms with Crippen LogP contribution in [0.2, 0.25) is 0 Å². The van der Waals surface area contributed by atoms with Crippen LogP contribution in [0.4, 0.5) is 30.7 Å². The van der Waals surface area contributed by atoms with Crippen molar-refractivity contribution in [1.82, 2.24) is 4.90 Å². The number of benzene rings is 2. The molecule has 1 atom stereocenters. The Morgan fingerprint density at radius 2 is 1.57 bits per heavy atom. The maximum Gasteiger partial charge on any atom is 0.453 e. The highest BCUT2D eigenvalue weighted by Gasteiger charge is 2.56. The molecule has 2 aromatic carbocycles. The van der Waals surface area contributed by atoms with Gasteiger partial charge in [-0.15, -0.1) is 0 Å². The molecule has 0 amide bonds. The first-order valence-corrected chi connectivity index (χ1v) is 18.4. The number of aryl methyl sites for hydroxylation is 1. The average Bonchev–Trinajstić information content (AvgIpc) is 3.35. The fourth-order valence-electron chi connectivity index (χ4n) is 6.92. The average molecular weight is 692 g/mol. The number of phenols is 1. The Morgan fingerprint density at radius 1 is 0.830 bits per heavy atom. The number of nitrogens with zero attached hydrogens (tertiary/aromatic N) is 1.